The maximum absolute atomic E-state index is 12.0. The number of hydrogen-bond acceptors (Lipinski definition) is 6. The Morgan fingerprint density at radius 2 is 2.05 bits per heavy atom. The van der Waals surface area contributed by atoms with E-state index in [0.29, 0.717) is 28.3 Å². The molecule has 0 aliphatic heterocycles. The van der Waals surface area contributed by atoms with Crippen LogP contribution < -0.4 is 10.3 Å². The van der Waals surface area contributed by atoms with E-state index in [2.05, 4.69) is 20.1 Å². The van der Waals surface area contributed by atoms with Gasteiger partial charge in [0, 0.05) is 18.2 Å². The molecule has 2 N–H and O–H groups in total. The van der Waals surface area contributed by atoms with Crippen molar-refractivity contribution in [2.24, 2.45) is 0 Å². The monoisotopic (exact) mass is 312 g/mol. The largest absolute Gasteiger partial charge is 0.361 e. The molecule has 2 heterocycles. The van der Waals surface area contributed by atoms with Crippen molar-refractivity contribution in [1.82, 2.24) is 20.1 Å². The van der Waals surface area contributed by atoms with Crippen molar-refractivity contribution >= 4 is 10.0 Å². The van der Waals surface area contributed by atoms with Crippen LogP contribution in [0.1, 0.15) is 28.3 Å². The van der Waals surface area contributed by atoms with Crippen LogP contribution in [0.15, 0.2) is 15.4 Å². The maximum atomic E-state index is 12.0. The van der Waals surface area contributed by atoms with Crippen LogP contribution in [0.3, 0.4) is 0 Å². The zero-order valence-corrected chi connectivity index (χ0v) is 12.7. The molecular weight excluding hydrogens is 296 g/mol. The zero-order chi connectivity index (χ0) is 15.6. The van der Waals surface area contributed by atoms with Gasteiger partial charge in [0.25, 0.3) is 5.56 Å². The molecule has 0 unspecified atom stereocenters. The third-order valence-corrected chi connectivity index (χ3v) is 4.34. The lowest BCUT2D eigenvalue weighted by Crippen LogP contribution is -2.29. The number of H-pyrrole nitrogens is 1. The average molecular weight is 312 g/mol. The SMILES string of the molecule is Cc1cc(CS(=O)(=O)NCc2c(C)c(C)n[nH]c2=O)no1. The van der Waals surface area contributed by atoms with Crippen LogP contribution in [0.4, 0.5) is 0 Å². The van der Waals surface area contributed by atoms with Crippen molar-refractivity contribution in [3.63, 3.8) is 0 Å². The molecule has 2 rings (SSSR count). The lowest BCUT2D eigenvalue weighted by molar-refractivity contribution is 0.392. The van der Waals surface area contributed by atoms with Crippen LogP contribution in [0.5, 0.6) is 0 Å². The highest BCUT2D eigenvalue weighted by molar-refractivity contribution is 7.88. The minimum absolute atomic E-state index is 0.0936. The molecular formula is C12H16N4O4S. The van der Waals surface area contributed by atoms with Crippen LogP contribution in [0.25, 0.3) is 0 Å². The fraction of sp³-hybridized carbons (Fsp3) is 0.417. The summed E-state index contributed by atoms with van der Waals surface area (Å²) in [5, 5.41) is 9.78. The van der Waals surface area contributed by atoms with E-state index in [-0.39, 0.29) is 12.3 Å². The normalized spacial score (nSPS) is 11.8. The molecule has 0 aliphatic carbocycles. The fourth-order valence-corrected chi connectivity index (χ4v) is 2.79. The highest BCUT2D eigenvalue weighted by Crippen LogP contribution is 2.08. The van der Waals surface area contributed by atoms with Crippen molar-refractivity contribution in [2.45, 2.75) is 33.1 Å². The van der Waals surface area contributed by atoms with E-state index in [0.717, 1.165) is 0 Å². The Balaban J connectivity index is 2.12. The summed E-state index contributed by atoms with van der Waals surface area (Å²) in [5.74, 6) is 0.239. The van der Waals surface area contributed by atoms with Crippen molar-refractivity contribution < 1.29 is 12.9 Å². The second kappa shape index (κ2) is 5.78. The maximum Gasteiger partial charge on any atom is 0.268 e. The standard InChI is InChI=1S/C12H16N4O4S/c1-7-4-10(16-20-7)6-21(18,19)13-5-11-8(2)9(3)14-15-12(11)17/h4,13H,5-6H2,1-3H3,(H,15,17). The molecule has 0 saturated heterocycles. The van der Waals surface area contributed by atoms with Crippen molar-refractivity contribution in [1.29, 1.82) is 0 Å². The molecule has 2 aromatic rings. The van der Waals surface area contributed by atoms with E-state index in [4.69, 9.17) is 4.52 Å². The molecule has 0 amide bonds. The molecule has 0 radical (unpaired) electrons. The van der Waals surface area contributed by atoms with Crippen LogP contribution in [0.2, 0.25) is 0 Å². The third-order valence-electron chi connectivity index (χ3n) is 3.08. The van der Waals surface area contributed by atoms with Gasteiger partial charge in [0.15, 0.2) is 0 Å². The number of sulfonamides is 1. The summed E-state index contributed by atoms with van der Waals surface area (Å²) in [6, 6.07) is 1.55. The minimum atomic E-state index is -3.61. The molecule has 2 aromatic heterocycles. The quantitative estimate of drug-likeness (QED) is 0.820. The van der Waals surface area contributed by atoms with E-state index >= 15 is 0 Å². The summed E-state index contributed by atoms with van der Waals surface area (Å²) in [6.45, 7) is 5.05. The Morgan fingerprint density at radius 1 is 1.33 bits per heavy atom. The number of hydrogen-bond donors (Lipinski definition) is 2. The van der Waals surface area contributed by atoms with E-state index < -0.39 is 15.6 Å². The molecule has 8 nitrogen and oxygen atoms in total. The van der Waals surface area contributed by atoms with Gasteiger partial charge in [-0.2, -0.15) is 5.10 Å². The highest BCUT2D eigenvalue weighted by Gasteiger charge is 2.16. The first-order chi connectivity index (χ1) is 9.78. The Bertz CT molecular complexity index is 807. The van der Waals surface area contributed by atoms with Gasteiger partial charge >= 0.3 is 0 Å². The first kappa shape index (κ1) is 15.4. The van der Waals surface area contributed by atoms with Gasteiger partial charge in [-0.1, -0.05) is 5.16 Å². The third kappa shape index (κ3) is 3.76. The van der Waals surface area contributed by atoms with Crippen molar-refractivity contribution in [2.75, 3.05) is 0 Å². The summed E-state index contributed by atoms with van der Waals surface area (Å²) in [5.41, 5.74) is 1.58. The van der Waals surface area contributed by atoms with Gasteiger partial charge in [0.2, 0.25) is 10.0 Å². The van der Waals surface area contributed by atoms with Crippen LogP contribution in [-0.4, -0.2) is 23.8 Å². The number of nitrogens with zero attached hydrogens (tertiary/aromatic N) is 2. The lowest BCUT2D eigenvalue weighted by Gasteiger charge is -2.08. The van der Waals surface area contributed by atoms with Crippen LogP contribution in [-0.2, 0) is 22.3 Å². The zero-order valence-electron chi connectivity index (χ0n) is 11.9. The van der Waals surface area contributed by atoms with Gasteiger partial charge in [0.1, 0.15) is 17.2 Å². The van der Waals surface area contributed by atoms with Crippen LogP contribution in [0, 0.1) is 20.8 Å². The number of aromatic amines is 1. The van der Waals surface area contributed by atoms with Gasteiger partial charge in [-0.25, -0.2) is 18.2 Å². The Hall–Kier alpha value is -2.00. The van der Waals surface area contributed by atoms with E-state index in [1.54, 1.807) is 26.8 Å². The molecule has 0 atom stereocenters. The summed E-state index contributed by atoms with van der Waals surface area (Å²) in [6.07, 6.45) is 0. The second-order valence-corrected chi connectivity index (χ2v) is 6.56. The summed E-state index contributed by atoms with van der Waals surface area (Å²) >= 11 is 0. The van der Waals surface area contributed by atoms with Gasteiger partial charge in [-0.05, 0) is 26.3 Å². The predicted octanol–water partition coefficient (Wildman–Crippen LogP) is 0.303. The summed E-state index contributed by atoms with van der Waals surface area (Å²) < 4.78 is 31.1. The first-order valence-corrected chi connectivity index (χ1v) is 7.88. The molecule has 0 saturated carbocycles. The van der Waals surface area contributed by atoms with E-state index in [1.165, 1.54) is 0 Å². The molecule has 0 spiro atoms. The number of nitrogens with one attached hydrogen (secondary N) is 2. The molecule has 0 fully saturated rings. The molecule has 0 bridgehead atoms. The number of aromatic nitrogens is 3. The van der Waals surface area contributed by atoms with Gasteiger partial charge < -0.3 is 4.52 Å². The van der Waals surface area contributed by atoms with Gasteiger partial charge in [-0.3, -0.25) is 4.79 Å². The number of rotatable bonds is 5. The second-order valence-electron chi connectivity index (χ2n) is 4.75. The Labute approximate surface area is 121 Å². The van der Waals surface area contributed by atoms with Crippen molar-refractivity contribution in [3.8, 4) is 0 Å². The van der Waals surface area contributed by atoms with E-state index in [1.807, 2.05) is 0 Å². The summed E-state index contributed by atoms with van der Waals surface area (Å²) in [7, 11) is -3.61. The van der Waals surface area contributed by atoms with Gasteiger partial charge in [-0.15, -0.1) is 0 Å². The Kier molecular flexibility index (Phi) is 4.24. The first-order valence-electron chi connectivity index (χ1n) is 6.23. The van der Waals surface area contributed by atoms with Gasteiger partial charge in [0.05, 0.1) is 5.69 Å². The van der Waals surface area contributed by atoms with E-state index in [9.17, 15) is 13.2 Å². The average Bonchev–Trinajstić information content (AvgIpc) is 2.78. The molecule has 0 aromatic carbocycles. The van der Waals surface area contributed by atoms with Crippen molar-refractivity contribution in [3.05, 3.63) is 44.7 Å². The Morgan fingerprint density at radius 3 is 2.67 bits per heavy atom. The lowest BCUT2D eigenvalue weighted by atomic mass is 10.1. The molecule has 21 heavy (non-hydrogen) atoms. The fourth-order valence-electron chi connectivity index (χ4n) is 1.80. The smallest absolute Gasteiger partial charge is 0.268 e. The topological polar surface area (TPSA) is 118 Å². The summed E-state index contributed by atoms with van der Waals surface area (Å²) in [4.78, 5) is 11.7. The minimum Gasteiger partial charge on any atom is -0.361 e. The molecule has 114 valence electrons. The predicted molar refractivity (Wildman–Crippen MR) is 75.0 cm³/mol. The highest BCUT2D eigenvalue weighted by atomic mass is 32.2. The number of aryl methyl sites for hydroxylation is 2. The molecule has 9 heteroatoms. The molecule has 0 aliphatic rings. The van der Waals surface area contributed by atoms with Crippen LogP contribution >= 0.6 is 0 Å².